The summed E-state index contributed by atoms with van der Waals surface area (Å²) < 4.78 is 12.6. The number of para-hydroxylation sites is 1. The Morgan fingerprint density at radius 2 is 1.81 bits per heavy atom. The molecule has 1 unspecified atom stereocenters. The van der Waals surface area contributed by atoms with Gasteiger partial charge in [-0.2, -0.15) is 5.10 Å². The van der Waals surface area contributed by atoms with Crippen LogP contribution in [0.4, 0.5) is 0 Å². The summed E-state index contributed by atoms with van der Waals surface area (Å²) in [7, 11) is 1.61. The monoisotopic (exact) mass is 365 g/mol. The van der Waals surface area contributed by atoms with Crippen LogP contribution in [0.15, 0.2) is 67.0 Å². The first-order valence-electron chi connectivity index (χ1n) is 8.83. The summed E-state index contributed by atoms with van der Waals surface area (Å²) in [5, 5.41) is 7.26. The maximum atomic E-state index is 12.2. The van der Waals surface area contributed by atoms with E-state index in [0.717, 1.165) is 17.0 Å². The minimum absolute atomic E-state index is 0.152. The summed E-state index contributed by atoms with van der Waals surface area (Å²) in [6, 6.07) is 17.1. The molecule has 0 radical (unpaired) electrons. The summed E-state index contributed by atoms with van der Waals surface area (Å²) in [6.45, 7) is 2.25. The number of nitrogens with zero attached hydrogens (tertiary/aromatic N) is 2. The third-order valence-corrected chi connectivity index (χ3v) is 4.11. The summed E-state index contributed by atoms with van der Waals surface area (Å²) >= 11 is 0. The number of hydrogen-bond donors (Lipinski definition) is 1. The summed E-state index contributed by atoms with van der Waals surface area (Å²) in [5.41, 5.74) is 2.07. The lowest BCUT2D eigenvalue weighted by Crippen LogP contribution is -2.37. The SMILES string of the molecule is COc1ccc(OC(C)C(=O)NCCc2cnn(-c3ccccc3)c2)cc1. The lowest BCUT2D eigenvalue weighted by atomic mass is 10.2. The molecule has 140 valence electrons. The second-order valence-electron chi connectivity index (χ2n) is 6.11. The van der Waals surface area contributed by atoms with Gasteiger partial charge in [-0.1, -0.05) is 18.2 Å². The molecule has 1 amide bonds. The molecule has 3 aromatic rings. The Labute approximate surface area is 158 Å². The average Bonchev–Trinajstić information content (AvgIpc) is 3.18. The largest absolute Gasteiger partial charge is 0.497 e. The normalized spacial score (nSPS) is 11.6. The molecular weight excluding hydrogens is 342 g/mol. The van der Waals surface area contributed by atoms with Crippen molar-refractivity contribution in [3.8, 4) is 17.2 Å². The quantitative estimate of drug-likeness (QED) is 0.666. The molecule has 0 bridgehead atoms. The molecule has 6 nitrogen and oxygen atoms in total. The van der Waals surface area contributed by atoms with E-state index in [9.17, 15) is 4.79 Å². The van der Waals surface area contributed by atoms with Gasteiger partial charge < -0.3 is 14.8 Å². The molecule has 1 heterocycles. The van der Waals surface area contributed by atoms with Crippen LogP contribution in [-0.4, -0.2) is 35.4 Å². The van der Waals surface area contributed by atoms with Gasteiger partial charge in [0.1, 0.15) is 11.5 Å². The lowest BCUT2D eigenvalue weighted by molar-refractivity contribution is -0.127. The van der Waals surface area contributed by atoms with Gasteiger partial charge in [-0.25, -0.2) is 4.68 Å². The Morgan fingerprint density at radius 3 is 2.52 bits per heavy atom. The first-order chi connectivity index (χ1) is 13.2. The predicted molar refractivity (Wildman–Crippen MR) is 103 cm³/mol. The molecule has 0 fully saturated rings. The Hall–Kier alpha value is -3.28. The third kappa shape index (κ3) is 5.10. The molecule has 0 saturated carbocycles. The number of hydrogen-bond acceptors (Lipinski definition) is 4. The van der Waals surface area contributed by atoms with E-state index in [1.165, 1.54) is 0 Å². The summed E-state index contributed by atoms with van der Waals surface area (Å²) in [4.78, 5) is 12.2. The van der Waals surface area contributed by atoms with Crippen molar-refractivity contribution in [2.75, 3.05) is 13.7 Å². The highest BCUT2D eigenvalue weighted by Crippen LogP contribution is 2.18. The van der Waals surface area contributed by atoms with Crippen molar-refractivity contribution < 1.29 is 14.3 Å². The topological polar surface area (TPSA) is 65.4 Å². The minimum atomic E-state index is -0.578. The van der Waals surface area contributed by atoms with Gasteiger partial charge in [-0.05, 0) is 55.3 Å². The average molecular weight is 365 g/mol. The fraction of sp³-hybridized carbons (Fsp3) is 0.238. The molecule has 1 atom stereocenters. The molecule has 1 N–H and O–H groups in total. The van der Waals surface area contributed by atoms with Gasteiger partial charge in [-0.3, -0.25) is 4.79 Å². The third-order valence-electron chi connectivity index (χ3n) is 4.11. The molecular formula is C21H23N3O3. The van der Waals surface area contributed by atoms with Crippen molar-refractivity contribution in [1.29, 1.82) is 0 Å². The number of benzene rings is 2. The van der Waals surface area contributed by atoms with Crippen LogP contribution in [0.2, 0.25) is 0 Å². The highest BCUT2D eigenvalue weighted by molar-refractivity contribution is 5.80. The Balaban J connectivity index is 1.45. The van der Waals surface area contributed by atoms with E-state index >= 15 is 0 Å². The van der Waals surface area contributed by atoms with E-state index in [0.29, 0.717) is 18.7 Å². The van der Waals surface area contributed by atoms with Gasteiger partial charge in [0.2, 0.25) is 0 Å². The molecule has 27 heavy (non-hydrogen) atoms. The molecule has 0 aliphatic carbocycles. The van der Waals surface area contributed by atoms with Crippen LogP contribution in [0.3, 0.4) is 0 Å². The standard InChI is InChI=1S/C21H23N3O3/c1-16(27-20-10-8-19(26-2)9-11-20)21(25)22-13-12-17-14-23-24(15-17)18-6-4-3-5-7-18/h3-11,14-16H,12-13H2,1-2H3,(H,22,25). The molecule has 6 heteroatoms. The van der Waals surface area contributed by atoms with Crippen molar-refractivity contribution in [2.45, 2.75) is 19.4 Å². The molecule has 3 rings (SSSR count). The number of ether oxygens (including phenoxy) is 2. The van der Waals surface area contributed by atoms with E-state index < -0.39 is 6.10 Å². The lowest BCUT2D eigenvalue weighted by Gasteiger charge is -2.14. The number of rotatable bonds is 8. The maximum absolute atomic E-state index is 12.2. The van der Waals surface area contributed by atoms with Crippen LogP contribution >= 0.6 is 0 Å². The highest BCUT2D eigenvalue weighted by atomic mass is 16.5. The van der Waals surface area contributed by atoms with Crippen molar-refractivity contribution in [3.63, 3.8) is 0 Å². The zero-order chi connectivity index (χ0) is 19.1. The summed E-state index contributed by atoms with van der Waals surface area (Å²) in [5.74, 6) is 1.22. The molecule has 0 aliphatic rings. The molecule has 0 saturated heterocycles. The van der Waals surface area contributed by atoms with E-state index in [1.807, 2.05) is 47.4 Å². The minimum Gasteiger partial charge on any atom is -0.497 e. The Kier molecular flexibility index (Phi) is 6.10. The van der Waals surface area contributed by atoms with E-state index in [1.54, 1.807) is 38.3 Å². The van der Waals surface area contributed by atoms with Crippen LogP contribution in [-0.2, 0) is 11.2 Å². The Bertz CT molecular complexity index is 860. The first kappa shape index (κ1) is 18.5. The van der Waals surface area contributed by atoms with Crippen LogP contribution in [0, 0.1) is 0 Å². The zero-order valence-corrected chi connectivity index (χ0v) is 15.5. The molecule has 0 spiro atoms. The van der Waals surface area contributed by atoms with Gasteiger partial charge >= 0.3 is 0 Å². The van der Waals surface area contributed by atoms with Gasteiger partial charge in [0.15, 0.2) is 6.10 Å². The van der Waals surface area contributed by atoms with E-state index in [-0.39, 0.29) is 5.91 Å². The van der Waals surface area contributed by atoms with Gasteiger partial charge in [0, 0.05) is 12.7 Å². The van der Waals surface area contributed by atoms with Crippen LogP contribution in [0.25, 0.3) is 5.69 Å². The molecule has 2 aromatic carbocycles. The number of aromatic nitrogens is 2. The molecule has 1 aromatic heterocycles. The van der Waals surface area contributed by atoms with E-state index in [4.69, 9.17) is 9.47 Å². The second kappa shape index (κ2) is 8.89. The van der Waals surface area contributed by atoms with Crippen molar-refractivity contribution in [2.24, 2.45) is 0 Å². The van der Waals surface area contributed by atoms with E-state index in [2.05, 4.69) is 10.4 Å². The number of nitrogens with one attached hydrogen (secondary N) is 1. The van der Waals surface area contributed by atoms with Gasteiger partial charge in [0.25, 0.3) is 5.91 Å². The second-order valence-corrected chi connectivity index (χ2v) is 6.11. The van der Waals surface area contributed by atoms with Crippen molar-refractivity contribution in [1.82, 2.24) is 15.1 Å². The van der Waals surface area contributed by atoms with Crippen molar-refractivity contribution >= 4 is 5.91 Å². The van der Waals surface area contributed by atoms with Crippen LogP contribution in [0.1, 0.15) is 12.5 Å². The first-order valence-corrected chi connectivity index (χ1v) is 8.83. The Morgan fingerprint density at radius 1 is 1.11 bits per heavy atom. The smallest absolute Gasteiger partial charge is 0.260 e. The fourth-order valence-electron chi connectivity index (χ4n) is 2.60. The predicted octanol–water partition coefficient (Wildman–Crippen LogP) is 3.01. The summed E-state index contributed by atoms with van der Waals surface area (Å²) in [6.07, 6.45) is 3.91. The zero-order valence-electron chi connectivity index (χ0n) is 15.5. The maximum Gasteiger partial charge on any atom is 0.260 e. The number of carbonyl (C=O) groups is 1. The van der Waals surface area contributed by atoms with Crippen LogP contribution in [0.5, 0.6) is 11.5 Å². The number of methoxy groups -OCH3 is 1. The number of amides is 1. The van der Waals surface area contributed by atoms with Gasteiger partial charge in [-0.15, -0.1) is 0 Å². The van der Waals surface area contributed by atoms with Crippen LogP contribution < -0.4 is 14.8 Å². The fourth-order valence-corrected chi connectivity index (χ4v) is 2.60. The molecule has 0 aliphatic heterocycles. The number of carbonyl (C=O) groups excluding carboxylic acids is 1. The van der Waals surface area contributed by atoms with Crippen molar-refractivity contribution in [3.05, 3.63) is 72.6 Å². The van der Waals surface area contributed by atoms with Gasteiger partial charge in [0.05, 0.1) is 19.0 Å². The highest BCUT2D eigenvalue weighted by Gasteiger charge is 2.14.